The fourth-order valence-electron chi connectivity index (χ4n) is 3.04. The van der Waals surface area contributed by atoms with E-state index < -0.39 is 5.54 Å². The Morgan fingerprint density at radius 1 is 1.17 bits per heavy atom. The number of hydrogen-bond donors (Lipinski definition) is 1. The lowest BCUT2D eigenvalue weighted by atomic mass is 10.0. The van der Waals surface area contributed by atoms with Crippen LogP contribution in [0.4, 0.5) is 13.6 Å². The lowest BCUT2D eigenvalue weighted by Gasteiger charge is -2.29. The number of urea groups is 1. The number of hydrogen-bond acceptors (Lipinski definition) is 3. The minimum atomic E-state index is -0.434. The molecular weight excluding hydrogens is 376 g/mol. The van der Waals surface area contributed by atoms with Gasteiger partial charge in [0.15, 0.2) is 6.10 Å². The molecule has 2 amide bonds. The summed E-state index contributed by atoms with van der Waals surface area (Å²) in [7, 11) is 0. The van der Waals surface area contributed by atoms with Crippen LogP contribution in [0.2, 0.25) is 0 Å². The second kappa shape index (κ2) is 8.59. The van der Waals surface area contributed by atoms with Crippen molar-refractivity contribution in [3.63, 3.8) is 0 Å². The molecule has 0 radical (unpaired) electrons. The third kappa shape index (κ3) is 5.76. The van der Waals surface area contributed by atoms with E-state index in [1.165, 1.54) is 23.1 Å². The molecule has 7 heteroatoms. The van der Waals surface area contributed by atoms with Gasteiger partial charge in [0.05, 0.1) is 18.8 Å². The molecular formula is C22H25F2N3O2. The lowest BCUT2D eigenvalue weighted by molar-refractivity contribution is 0.0578. The fourth-order valence-corrected chi connectivity index (χ4v) is 3.04. The van der Waals surface area contributed by atoms with Gasteiger partial charge >= 0.3 is 6.03 Å². The molecule has 0 saturated heterocycles. The molecule has 0 saturated carbocycles. The largest absolute Gasteiger partial charge is 0.390 e. The Bertz CT molecular complexity index is 892. The van der Waals surface area contributed by atoms with Crippen molar-refractivity contribution < 1.29 is 18.4 Å². The quantitative estimate of drug-likeness (QED) is 0.804. The average molecular weight is 401 g/mol. The van der Waals surface area contributed by atoms with E-state index in [-0.39, 0.29) is 36.9 Å². The molecule has 0 fully saturated rings. The van der Waals surface area contributed by atoms with Gasteiger partial charge in [0.2, 0.25) is 0 Å². The normalized spacial score (nSPS) is 16.2. The van der Waals surface area contributed by atoms with Crippen LogP contribution in [-0.2, 0) is 11.4 Å². The van der Waals surface area contributed by atoms with Gasteiger partial charge in [0.1, 0.15) is 11.6 Å². The molecule has 0 spiro atoms. The van der Waals surface area contributed by atoms with E-state index >= 15 is 0 Å². The van der Waals surface area contributed by atoms with Crippen LogP contribution in [0.1, 0.15) is 38.3 Å². The topological polar surface area (TPSA) is 53.9 Å². The van der Waals surface area contributed by atoms with E-state index in [0.717, 1.165) is 5.56 Å². The molecule has 2 aromatic carbocycles. The van der Waals surface area contributed by atoms with Crippen molar-refractivity contribution in [1.82, 2.24) is 10.2 Å². The van der Waals surface area contributed by atoms with Crippen LogP contribution in [0, 0.1) is 11.6 Å². The van der Waals surface area contributed by atoms with Gasteiger partial charge in [-0.1, -0.05) is 35.5 Å². The Balaban J connectivity index is 1.71. The van der Waals surface area contributed by atoms with Crippen molar-refractivity contribution in [3.8, 4) is 0 Å². The molecule has 5 nitrogen and oxygen atoms in total. The number of nitrogens with zero attached hydrogens (tertiary/aromatic N) is 2. The third-order valence-electron chi connectivity index (χ3n) is 4.42. The summed E-state index contributed by atoms with van der Waals surface area (Å²) in [5.41, 5.74) is 1.46. The molecule has 1 heterocycles. The van der Waals surface area contributed by atoms with E-state index in [0.29, 0.717) is 17.7 Å². The Hall–Kier alpha value is -2.96. The van der Waals surface area contributed by atoms with Crippen molar-refractivity contribution >= 4 is 11.7 Å². The average Bonchev–Trinajstić information content (AvgIpc) is 3.10. The number of rotatable bonds is 5. The maximum atomic E-state index is 14.1. The highest BCUT2D eigenvalue weighted by Gasteiger charge is 2.28. The highest BCUT2D eigenvalue weighted by molar-refractivity contribution is 6.01. The van der Waals surface area contributed by atoms with Gasteiger partial charge in [-0.15, -0.1) is 0 Å². The highest BCUT2D eigenvalue weighted by atomic mass is 19.1. The molecule has 1 aliphatic rings. The van der Waals surface area contributed by atoms with E-state index in [4.69, 9.17) is 4.84 Å². The van der Waals surface area contributed by atoms with Gasteiger partial charge in [0, 0.05) is 17.5 Å². The fraction of sp³-hybridized carbons (Fsp3) is 0.364. The van der Waals surface area contributed by atoms with Crippen molar-refractivity contribution in [2.75, 3.05) is 6.54 Å². The van der Waals surface area contributed by atoms with Crippen LogP contribution in [0.25, 0.3) is 0 Å². The van der Waals surface area contributed by atoms with Gasteiger partial charge in [-0.3, -0.25) is 0 Å². The summed E-state index contributed by atoms with van der Waals surface area (Å²) < 4.78 is 27.3. The van der Waals surface area contributed by atoms with Gasteiger partial charge in [-0.05, 0) is 44.5 Å². The summed E-state index contributed by atoms with van der Waals surface area (Å²) in [6, 6.07) is 12.1. The zero-order chi connectivity index (χ0) is 21.0. The van der Waals surface area contributed by atoms with Gasteiger partial charge < -0.3 is 15.1 Å². The number of benzene rings is 2. The summed E-state index contributed by atoms with van der Waals surface area (Å²) in [6.45, 7) is 6.00. The molecule has 1 atom stereocenters. The van der Waals surface area contributed by atoms with Gasteiger partial charge in [0.25, 0.3) is 0 Å². The van der Waals surface area contributed by atoms with Crippen molar-refractivity contribution in [2.45, 2.75) is 45.4 Å². The first-order valence-electron chi connectivity index (χ1n) is 9.50. The van der Waals surface area contributed by atoms with Crippen LogP contribution in [0.5, 0.6) is 0 Å². The zero-order valence-electron chi connectivity index (χ0n) is 16.8. The molecule has 1 aliphatic heterocycles. The maximum absolute atomic E-state index is 14.1. The van der Waals surface area contributed by atoms with Crippen molar-refractivity contribution in [2.24, 2.45) is 5.16 Å². The minimum absolute atomic E-state index is 0.111. The SMILES string of the molecule is CC(C)(C)NC(=O)N(Cc1ccccc1F)CC1CC(c2ccc(F)cc2)=NO1. The van der Waals surface area contributed by atoms with E-state index in [9.17, 15) is 13.6 Å². The zero-order valence-corrected chi connectivity index (χ0v) is 16.8. The second-order valence-electron chi connectivity index (χ2n) is 8.13. The van der Waals surface area contributed by atoms with Crippen molar-refractivity contribution in [3.05, 3.63) is 71.3 Å². The van der Waals surface area contributed by atoms with Crippen LogP contribution in [0.3, 0.4) is 0 Å². The summed E-state index contributed by atoms with van der Waals surface area (Å²) >= 11 is 0. The summed E-state index contributed by atoms with van der Waals surface area (Å²) in [5.74, 6) is -0.684. The molecule has 2 aromatic rings. The summed E-state index contributed by atoms with van der Waals surface area (Å²) in [4.78, 5) is 19.8. The van der Waals surface area contributed by atoms with E-state index in [1.54, 1.807) is 30.3 Å². The number of halogens is 2. The number of carbonyl (C=O) groups excluding carboxylic acids is 1. The Morgan fingerprint density at radius 3 is 2.52 bits per heavy atom. The Labute approximate surface area is 169 Å². The van der Waals surface area contributed by atoms with Crippen LogP contribution >= 0.6 is 0 Å². The minimum Gasteiger partial charge on any atom is -0.390 e. The number of amides is 2. The summed E-state index contributed by atoms with van der Waals surface area (Å²) in [5, 5.41) is 7.00. The molecule has 3 rings (SSSR count). The maximum Gasteiger partial charge on any atom is 0.318 e. The predicted molar refractivity (Wildman–Crippen MR) is 108 cm³/mol. The van der Waals surface area contributed by atoms with Crippen LogP contribution in [-0.4, -0.2) is 34.8 Å². The third-order valence-corrected chi connectivity index (χ3v) is 4.42. The highest BCUT2D eigenvalue weighted by Crippen LogP contribution is 2.20. The molecule has 29 heavy (non-hydrogen) atoms. The smallest absolute Gasteiger partial charge is 0.318 e. The first kappa shape index (κ1) is 20.8. The molecule has 1 unspecified atom stereocenters. The number of oxime groups is 1. The molecule has 0 aromatic heterocycles. The van der Waals surface area contributed by atoms with Gasteiger partial charge in [-0.2, -0.15) is 0 Å². The summed E-state index contributed by atoms with van der Waals surface area (Å²) in [6.07, 6.45) is 0.106. The molecule has 0 aliphatic carbocycles. The van der Waals surface area contributed by atoms with Crippen LogP contribution < -0.4 is 5.32 Å². The van der Waals surface area contributed by atoms with E-state index in [2.05, 4.69) is 10.5 Å². The van der Waals surface area contributed by atoms with Crippen LogP contribution in [0.15, 0.2) is 53.7 Å². The molecule has 0 bridgehead atoms. The van der Waals surface area contributed by atoms with E-state index in [1.807, 2.05) is 20.8 Å². The Morgan fingerprint density at radius 2 is 1.86 bits per heavy atom. The van der Waals surface area contributed by atoms with Crippen molar-refractivity contribution in [1.29, 1.82) is 0 Å². The molecule has 154 valence electrons. The first-order valence-corrected chi connectivity index (χ1v) is 9.50. The number of carbonyl (C=O) groups is 1. The second-order valence-corrected chi connectivity index (χ2v) is 8.13. The van der Waals surface area contributed by atoms with Gasteiger partial charge in [-0.25, -0.2) is 13.6 Å². The molecule has 1 N–H and O–H groups in total. The standard InChI is InChI=1S/C22H25F2N3O2/c1-22(2,3)25-21(28)27(13-16-6-4-5-7-19(16)24)14-18-12-20(26-29-18)15-8-10-17(23)11-9-15/h4-11,18H,12-14H2,1-3H3,(H,25,28). The lowest BCUT2D eigenvalue weighted by Crippen LogP contribution is -2.50. The monoisotopic (exact) mass is 401 g/mol. The first-order chi connectivity index (χ1) is 13.7. The Kier molecular flexibility index (Phi) is 6.15. The predicted octanol–water partition coefficient (Wildman–Crippen LogP) is 4.47. The number of nitrogens with one attached hydrogen (secondary N) is 1.